The van der Waals surface area contributed by atoms with Crippen molar-refractivity contribution in [1.82, 2.24) is 9.62 Å². The van der Waals surface area contributed by atoms with Crippen molar-refractivity contribution in [3.63, 3.8) is 0 Å². The van der Waals surface area contributed by atoms with Crippen molar-refractivity contribution < 1.29 is 13.2 Å². The molecule has 0 saturated carbocycles. The standard InChI is InChI=1S/C16H27N3O3S/c1-4-19(5-2)23(21,22)15-9-7-14(8-10-15)12-18-16(20)11-6-13(3)17/h7-10,13H,4-6,11-12,17H2,1-3H3,(H,18,20). The topological polar surface area (TPSA) is 92.5 Å². The summed E-state index contributed by atoms with van der Waals surface area (Å²) in [6.45, 7) is 6.75. The second-order valence-corrected chi connectivity index (χ2v) is 7.46. The number of nitrogens with one attached hydrogen (secondary N) is 1. The lowest BCUT2D eigenvalue weighted by Crippen LogP contribution is -2.30. The molecule has 0 aliphatic heterocycles. The Kier molecular flexibility index (Phi) is 7.67. The maximum Gasteiger partial charge on any atom is 0.243 e. The number of hydrogen-bond donors (Lipinski definition) is 2. The Labute approximate surface area is 139 Å². The monoisotopic (exact) mass is 341 g/mol. The van der Waals surface area contributed by atoms with Gasteiger partial charge in [0.2, 0.25) is 15.9 Å². The van der Waals surface area contributed by atoms with Crippen LogP contribution in [0, 0.1) is 0 Å². The first kappa shape index (κ1) is 19.6. The van der Waals surface area contributed by atoms with Crippen LogP contribution in [-0.4, -0.2) is 37.8 Å². The Hall–Kier alpha value is -1.44. The number of amides is 1. The highest BCUT2D eigenvalue weighted by atomic mass is 32.2. The number of nitrogens with zero attached hydrogens (tertiary/aromatic N) is 1. The van der Waals surface area contributed by atoms with Gasteiger partial charge in [0.05, 0.1) is 4.90 Å². The summed E-state index contributed by atoms with van der Waals surface area (Å²) in [5.74, 6) is -0.0536. The van der Waals surface area contributed by atoms with E-state index in [1.54, 1.807) is 24.3 Å². The SMILES string of the molecule is CCN(CC)S(=O)(=O)c1ccc(CNC(=O)CCC(C)N)cc1. The maximum atomic E-state index is 12.4. The van der Waals surface area contributed by atoms with E-state index < -0.39 is 10.0 Å². The zero-order valence-electron chi connectivity index (χ0n) is 14.1. The maximum absolute atomic E-state index is 12.4. The molecule has 1 aromatic carbocycles. The summed E-state index contributed by atoms with van der Waals surface area (Å²) in [4.78, 5) is 11.9. The third-order valence-electron chi connectivity index (χ3n) is 3.58. The molecular weight excluding hydrogens is 314 g/mol. The molecule has 0 aliphatic carbocycles. The Morgan fingerprint density at radius 3 is 2.26 bits per heavy atom. The Bertz CT molecular complexity index is 594. The minimum absolute atomic E-state index is 0.00492. The van der Waals surface area contributed by atoms with Gasteiger partial charge in [0.25, 0.3) is 0 Å². The predicted octanol–water partition coefficient (Wildman–Crippen LogP) is 1.46. The minimum Gasteiger partial charge on any atom is -0.352 e. The molecule has 1 rings (SSSR count). The summed E-state index contributed by atoms with van der Waals surface area (Å²) < 4.78 is 26.1. The molecule has 6 nitrogen and oxygen atoms in total. The normalized spacial score (nSPS) is 13.1. The van der Waals surface area contributed by atoms with Gasteiger partial charge in [-0.2, -0.15) is 4.31 Å². The smallest absolute Gasteiger partial charge is 0.243 e. The van der Waals surface area contributed by atoms with Crippen molar-refractivity contribution in [3.05, 3.63) is 29.8 Å². The van der Waals surface area contributed by atoms with E-state index in [1.807, 2.05) is 20.8 Å². The van der Waals surface area contributed by atoms with Gasteiger partial charge < -0.3 is 11.1 Å². The highest BCUT2D eigenvalue weighted by molar-refractivity contribution is 7.89. The number of carbonyl (C=O) groups is 1. The molecule has 1 atom stereocenters. The summed E-state index contributed by atoms with van der Waals surface area (Å²) in [7, 11) is -3.44. The lowest BCUT2D eigenvalue weighted by Gasteiger charge is -2.18. The molecule has 0 saturated heterocycles. The first-order chi connectivity index (χ1) is 10.8. The lowest BCUT2D eigenvalue weighted by molar-refractivity contribution is -0.121. The average Bonchev–Trinajstić information content (AvgIpc) is 2.52. The van der Waals surface area contributed by atoms with Crippen molar-refractivity contribution in [2.45, 2.75) is 51.1 Å². The lowest BCUT2D eigenvalue weighted by atomic mass is 10.2. The molecular formula is C16H27N3O3S. The molecule has 7 heteroatoms. The summed E-state index contributed by atoms with van der Waals surface area (Å²) in [6.07, 6.45) is 1.04. The fraction of sp³-hybridized carbons (Fsp3) is 0.562. The van der Waals surface area contributed by atoms with E-state index in [9.17, 15) is 13.2 Å². The van der Waals surface area contributed by atoms with Gasteiger partial charge in [-0.05, 0) is 31.0 Å². The van der Waals surface area contributed by atoms with Crippen LogP contribution in [0.15, 0.2) is 29.2 Å². The highest BCUT2D eigenvalue weighted by Crippen LogP contribution is 2.16. The fourth-order valence-corrected chi connectivity index (χ4v) is 3.60. The first-order valence-corrected chi connectivity index (χ1v) is 9.36. The van der Waals surface area contributed by atoms with Crippen LogP contribution in [0.5, 0.6) is 0 Å². The zero-order valence-corrected chi connectivity index (χ0v) is 14.9. The summed E-state index contributed by atoms with van der Waals surface area (Å²) in [5, 5.41) is 2.80. The van der Waals surface area contributed by atoms with Crippen molar-refractivity contribution in [3.8, 4) is 0 Å². The van der Waals surface area contributed by atoms with Crippen LogP contribution in [0.1, 0.15) is 39.2 Å². The van der Waals surface area contributed by atoms with Crippen LogP contribution in [-0.2, 0) is 21.4 Å². The van der Waals surface area contributed by atoms with Crippen molar-refractivity contribution in [1.29, 1.82) is 0 Å². The van der Waals surface area contributed by atoms with E-state index in [1.165, 1.54) is 4.31 Å². The van der Waals surface area contributed by atoms with Gasteiger partial charge in [-0.25, -0.2) is 8.42 Å². The van der Waals surface area contributed by atoms with Crippen LogP contribution >= 0.6 is 0 Å². The van der Waals surface area contributed by atoms with Gasteiger partial charge in [0, 0.05) is 32.1 Å². The van der Waals surface area contributed by atoms with Crippen LogP contribution in [0.4, 0.5) is 0 Å². The van der Waals surface area contributed by atoms with E-state index in [4.69, 9.17) is 5.73 Å². The molecule has 0 heterocycles. The summed E-state index contributed by atoms with van der Waals surface area (Å²) in [5.41, 5.74) is 6.47. The molecule has 23 heavy (non-hydrogen) atoms. The Morgan fingerprint density at radius 1 is 1.22 bits per heavy atom. The van der Waals surface area contributed by atoms with Gasteiger partial charge in [0.15, 0.2) is 0 Å². The van der Waals surface area contributed by atoms with Gasteiger partial charge >= 0.3 is 0 Å². The van der Waals surface area contributed by atoms with E-state index in [0.717, 1.165) is 5.56 Å². The number of carbonyl (C=O) groups excluding carboxylic acids is 1. The molecule has 0 fully saturated rings. The predicted molar refractivity (Wildman–Crippen MR) is 91.3 cm³/mol. The van der Waals surface area contributed by atoms with Gasteiger partial charge in [-0.15, -0.1) is 0 Å². The molecule has 0 aromatic heterocycles. The number of benzene rings is 1. The van der Waals surface area contributed by atoms with Crippen molar-refractivity contribution in [2.75, 3.05) is 13.1 Å². The van der Waals surface area contributed by atoms with Gasteiger partial charge in [-0.3, -0.25) is 4.79 Å². The molecule has 3 N–H and O–H groups in total. The zero-order chi connectivity index (χ0) is 17.5. The average molecular weight is 341 g/mol. The number of hydrogen-bond acceptors (Lipinski definition) is 4. The van der Waals surface area contributed by atoms with Gasteiger partial charge in [-0.1, -0.05) is 26.0 Å². The summed E-state index contributed by atoms with van der Waals surface area (Å²) in [6, 6.07) is 6.61. The van der Waals surface area contributed by atoms with E-state index in [0.29, 0.717) is 32.5 Å². The van der Waals surface area contributed by atoms with Crippen molar-refractivity contribution >= 4 is 15.9 Å². The Morgan fingerprint density at radius 2 is 1.78 bits per heavy atom. The van der Waals surface area contributed by atoms with Crippen LogP contribution in [0.25, 0.3) is 0 Å². The number of rotatable bonds is 9. The fourth-order valence-electron chi connectivity index (χ4n) is 2.14. The van der Waals surface area contributed by atoms with Crippen molar-refractivity contribution in [2.24, 2.45) is 5.73 Å². The van der Waals surface area contributed by atoms with Crippen LogP contribution in [0.3, 0.4) is 0 Å². The number of nitrogens with two attached hydrogens (primary N) is 1. The largest absolute Gasteiger partial charge is 0.352 e. The minimum atomic E-state index is -3.44. The Balaban J connectivity index is 2.65. The highest BCUT2D eigenvalue weighted by Gasteiger charge is 2.21. The molecule has 0 spiro atoms. The molecule has 0 radical (unpaired) electrons. The third-order valence-corrected chi connectivity index (χ3v) is 5.65. The third kappa shape index (κ3) is 5.93. The quantitative estimate of drug-likeness (QED) is 0.711. The molecule has 1 aromatic rings. The summed E-state index contributed by atoms with van der Waals surface area (Å²) >= 11 is 0. The molecule has 1 unspecified atom stereocenters. The molecule has 0 aliphatic rings. The van der Waals surface area contributed by atoms with Gasteiger partial charge in [0.1, 0.15) is 0 Å². The van der Waals surface area contributed by atoms with E-state index >= 15 is 0 Å². The molecule has 130 valence electrons. The second-order valence-electron chi connectivity index (χ2n) is 5.53. The second kappa shape index (κ2) is 9.00. The first-order valence-electron chi connectivity index (χ1n) is 7.92. The van der Waals surface area contributed by atoms with Crippen LogP contribution < -0.4 is 11.1 Å². The van der Waals surface area contributed by atoms with Crippen LogP contribution in [0.2, 0.25) is 0 Å². The number of sulfonamides is 1. The van der Waals surface area contributed by atoms with E-state index in [-0.39, 0.29) is 16.8 Å². The van der Waals surface area contributed by atoms with E-state index in [2.05, 4.69) is 5.32 Å². The molecule has 0 bridgehead atoms. The molecule has 1 amide bonds.